The summed E-state index contributed by atoms with van der Waals surface area (Å²) in [7, 11) is 0.771. The highest BCUT2D eigenvalue weighted by Crippen LogP contribution is 2.21. The van der Waals surface area contributed by atoms with Crippen molar-refractivity contribution in [2.24, 2.45) is 0 Å². The van der Waals surface area contributed by atoms with Crippen LogP contribution in [0.5, 0.6) is 0 Å². The minimum absolute atomic E-state index is 0.0758. The van der Waals surface area contributed by atoms with Gasteiger partial charge in [0.1, 0.15) is 6.26 Å². The molecule has 0 spiro atoms. The fourth-order valence-electron chi connectivity index (χ4n) is 0.794. The van der Waals surface area contributed by atoms with Crippen molar-refractivity contribution in [2.75, 3.05) is 11.9 Å². The Balaban J connectivity index is 2.93. The molecule has 0 aliphatic rings. The Morgan fingerprint density at radius 3 is 2.44 bits per heavy atom. The number of halogens is 3. The molecule has 0 aliphatic heterocycles. The van der Waals surface area contributed by atoms with Crippen LogP contribution >= 0.6 is 0 Å². The Hall–Kier alpha value is -2.06. The summed E-state index contributed by atoms with van der Waals surface area (Å²) in [6.45, 7) is 0. The molecule has 1 aromatic rings. The van der Waals surface area contributed by atoms with E-state index >= 15 is 0 Å². The van der Waals surface area contributed by atoms with Gasteiger partial charge in [-0.05, 0) is 0 Å². The molecule has 0 radical (unpaired) electrons. The lowest BCUT2D eigenvalue weighted by Crippen LogP contribution is -2.38. The summed E-state index contributed by atoms with van der Waals surface area (Å²) < 4.78 is 40.3. The minimum Gasteiger partial charge on any atom is -0.476 e. The maximum atomic E-state index is 12.0. The van der Waals surface area contributed by atoms with Gasteiger partial charge in [-0.15, -0.1) is 0 Å². The lowest BCUT2D eigenvalue weighted by molar-refractivity contribution is -0.170. The molecule has 1 rings (SSSR count). The highest BCUT2D eigenvalue weighted by Gasteiger charge is 2.43. The number of hydrogen-bond acceptors (Lipinski definition) is 4. The van der Waals surface area contributed by atoms with E-state index in [9.17, 15) is 22.8 Å². The van der Waals surface area contributed by atoms with E-state index in [2.05, 4.69) is 9.40 Å². The summed E-state index contributed by atoms with van der Waals surface area (Å²) in [5.74, 6) is -3.67. The van der Waals surface area contributed by atoms with Crippen LogP contribution < -0.4 is 4.90 Å². The zero-order valence-electron chi connectivity index (χ0n) is 7.78. The Morgan fingerprint density at radius 1 is 1.50 bits per heavy atom. The molecule has 1 N–H and O–H groups in total. The lowest BCUT2D eigenvalue weighted by atomic mass is 10.5. The van der Waals surface area contributed by atoms with Crippen molar-refractivity contribution in [1.29, 1.82) is 0 Å². The van der Waals surface area contributed by atoms with Crippen molar-refractivity contribution >= 4 is 17.9 Å². The summed E-state index contributed by atoms with van der Waals surface area (Å²) in [5, 5.41) is 8.43. The summed E-state index contributed by atoms with van der Waals surface area (Å²) in [6.07, 6.45) is -4.44. The van der Waals surface area contributed by atoms with Gasteiger partial charge < -0.3 is 9.52 Å². The molecule has 16 heavy (non-hydrogen) atoms. The van der Waals surface area contributed by atoms with Crippen molar-refractivity contribution in [3.63, 3.8) is 0 Å². The van der Waals surface area contributed by atoms with Gasteiger partial charge in [0.2, 0.25) is 0 Å². The number of aromatic carboxylic acids is 1. The first-order valence-electron chi connectivity index (χ1n) is 3.77. The molecule has 0 fully saturated rings. The first kappa shape index (κ1) is 12.0. The lowest BCUT2D eigenvalue weighted by Gasteiger charge is -2.13. The van der Waals surface area contributed by atoms with Crippen LogP contribution in [0.4, 0.5) is 19.2 Å². The average Bonchev–Trinajstić information content (AvgIpc) is 2.62. The highest BCUT2D eigenvalue weighted by molar-refractivity contribution is 5.95. The Morgan fingerprint density at radius 2 is 2.06 bits per heavy atom. The third kappa shape index (κ3) is 2.30. The molecule has 1 heterocycles. The molecule has 0 saturated heterocycles. The molecule has 0 saturated carbocycles. The number of aromatic nitrogens is 1. The van der Waals surface area contributed by atoms with Gasteiger partial charge in [0, 0.05) is 7.05 Å². The van der Waals surface area contributed by atoms with Gasteiger partial charge in [-0.1, -0.05) is 0 Å². The van der Waals surface area contributed by atoms with E-state index in [0.29, 0.717) is 6.26 Å². The van der Waals surface area contributed by atoms with E-state index in [1.807, 2.05) is 0 Å². The van der Waals surface area contributed by atoms with Gasteiger partial charge in [-0.2, -0.15) is 18.2 Å². The molecule has 0 atom stereocenters. The van der Waals surface area contributed by atoms with E-state index in [4.69, 9.17) is 5.11 Å². The SMILES string of the molecule is CN(C(=O)C(F)(F)F)c1nc(C(=O)O)co1. The molecular weight excluding hydrogens is 233 g/mol. The third-order valence-electron chi connectivity index (χ3n) is 1.55. The first-order valence-corrected chi connectivity index (χ1v) is 3.77. The van der Waals surface area contributed by atoms with E-state index in [1.165, 1.54) is 0 Å². The second-order valence-corrected chi connectivity index (χ2v) is 2.68. The average molecular weight is 238 g/mol. The van der Waals surface area contributed by atoms with Crippen LogP contribution in [0.2, 0.25) is 0 Å². The van der Waals surface area contributed by atoms with Crippen molar-refractivity contribution in [3.05, 3.63) is 12.0 Å². The highest BCUT2D eigenvalue weighted by atomic mass is 19.4. The Bertz CT molecular complexity index is 426. The van der Waals surface area contributed by atoms with Gasteiger partial charge in [-0.25, -0.2) is 4.79 Å². The first-order chi connectivity index (χ1) is 7.23. The van der Waals surface area contributed by atoms with E-state index in [-0.39, 0.29) is 4.90 Å². The zero-order chi connectivity index (χ0) is 12.5. The van der Waals surface area contributed by atoms with Crippen LogP contribution in [0, 0.1) is 0 Å². The third-order valence-corrected chi connectivity index (χ3v) is 1.55. The Kier molecular flexibility index (Phi) is 2.88. The predicted molar refractivity (Wildman–Crippen MR) is 42.9 cm³/mol. The number of rotatable bonds is 2. The normalized spacial score (nSPS) is 11.2. The van der Waals surface area contributed by atoms with Crippen LogP contribution in [-0.2, 0) is 4.79 Å². The molecule has 9 heteroatoms. The summed E-state index contributed by atoms with van der Waals surface area (Å²) >= 11 is 0. The van der Waals surface area contributed by atoms with Crippen LogP contribution in [0.25, 0.3) is 0 Å². The molecule has 6 nitrogen and oxygen atoms in total. The molecular formula is C7H5F3N2O4. The van der Waals surface area contributed by atoms with E-state index < -0.39 is 29.8 Å². The number of alkyl halides is 3. The second-order valence-electron chi connectivity index (χ2n) is 2.68. The van der Waals surface area contributed by atoms with Crippen molar-refractivity contribution in [3.8, 4) is 0 Å². The number of nitrogens with zero attached hydrogens (tertiary/aromatic N) is 2. The standard InChI is InChI=1S/C7H5F3N2O4/c1-12(5(15)7(8,9)10)6-11-3(2-16-6)4(13)14/h2H,1H3,(H,13,14). The number of anilines is 1. The van der Waals surface area contributed by atoms with Gasteiger partial charge in [-0.3, -0.25) is 9.69 Å². The van der Waals surface area contributed by atoms with Gasteiger partial charge >= 0.3 is 24.1 Å². The van der Waals surface area contributed by atoms with Crippen molar-refractivity contribution in [1.82, 2.24) is 4.98 Å². The zero-order valence-corrected chi connectivity index (χ0v) is 7.78. The molecule has 1 aromatic heterocycles. The fraction of sp³-hybridized carbons (Fsp3) is 0.286. The fourth-order valence-corrected chi connectivity index (χ4v) is 0.794. The summed E-state index contributed by atoms with van der Waals surface area (Å²) in [5.41, 5.74) is -0.586. The Labute approximate surface area is 86.3 Å². The van der Waals surface area contributed by atoms with Gasteiger partial charge in [0.25, 0.3) is 0 Å². The van der Waals surface area contributed by atoms with Crippen molar-refractivity contribution < 1.29 is 32.3 Å². The number of carboxylic acid groups (broad SMARTS) is 1. The molecule has 0 unspecified atom stereocenters. The van der Waals surface area contributed by atoms with Crippen LogP contribution in [-0.4, -0.2) is 35.2 Å². The van der Waals surface area contributed by atoms with Crippen LogP contribution in [0.3, 0.4) is 0 Å². The molecule has 0 bridgehead atoms. The van der Waals surface area contributed by atoms with Gasteiger partial charge in [0.05, 0.1) is 0 Å². The number of carboxylic acids is 1. The number of oxazole rings is 1. The summed E-state index contributed by atoms with van der Waals surface area (Å²) in [6, 6.07) is -0.736. The minimum atomic E-state index is -5.08. The maximum absolute atomic E-state index is 12.0. The summed E-state index contributed by atoms with van der Waals surface area (Å²) in [4.78, 5) is 24.3. The topological polar surface area (TPSA) is 83.6 Å². The van der Waals surface area contributed by atoms with Gasteiger partial charge in [0.15, 0.2) is 5.69 Å². The monoisotopic (exact) mass is 238 g/mol. The second kappa shape index (κ2) is 3.83. The van der Waals surface area contributed by atoms with Crippen LogP contribution in [0.15, 0.2) is 10.7 Å². The smallest absolute Gasteiger partial charge is 0.471 e. The van der Waals surface area contributed by atoms with E-state index in [0.717, 1.165) is 7.05 Å². The predicted octanol–water partition coefficient (Wildman–Crippen LogP) is 0.898. The molecule has 88 valence electrons. The largest absolute Gasteiger partial charge is 0.476 e. The van der Waals surface area contributed by atoms with E-state index in [1.54, 1.807) is 0 Å². The molecule has 0 aliphatic carbocycles. The molecule has 1 amide bonds. The number of hydrogen-bond donors (Lipinski definition) is 1. The molecule has 0 aromatic carbocycles. The maximum Gasteiger partial charge on any atom is 0.471 e. The van der Waals surface area contributed by atoms with Crippen LogP contribution in [0.1, 0.15) is 10.5 Å². The quantitative estimate of drug-likeness (QED) is 0.827. The number of amides is 1. The van der Waals surface area contributed by atoms with Crippen molar-refractivity contribution in [2.45, 2.75) is 6.18 Å². The number of carbonyl (C=O) groups is 2. The number of carbonyl (C=O) groups excluding carboxylic acids is 1.